The lowest BCUT2D eigenvalue weighted by atomic mass is 9.91. The zero-order valence-corrected chi connectivity index (χ0v) is 9.49. The molecule has 1 spiro atoms. The number of carbonyl (C=O) groups is 1. The van der Waals surface area contributed by atoms with Crippen LogP contribution in [0.1, 0.15) is 33.1 Å². The van der Waals surface area contributed by atoms with Crippen LogP contribution in [0.25, 0.3) is 0 Å². The first-order chi connectivity index (χ1) is 6.43. The molecule has 4 heteroatoms. The number of aliphatic carboxylic acids is 1. The lowest BCUT2D eigenvalue weighted by Crippen LogP contribution is -2.43. The number of hydrogen-bond donors (Lipinski definition) is 2. The van der Waals surface area contributed by atoms with Gasteiger partial charge in [0.1, 0.15) is 6.04 Å². The van der Waals surface area contributed by atoms with Gasteiger partial charge in [-0.05, 0) is 24.7 Å². The van der Waals surface area contributed by atoms with Crippen LogP contribution in [0.5, 0.6) is 0 Å². The standard InChI is InChI=1S/C10H17NO2S/c1-9(2)3-4-10(6-9)11-7(5-14-10)8(12)13/h7,11H,3-6H2,1-2H3,(H,12,13)/t7-,10?/m1/s1. The van der Waals surface area contributed by atoms with Gasteiger partial charge in [-0.1, -0.05) is 13.8 Å². The molecule has 1 saturated carbocycles. The molecule has 0 bridgehead atoms. The van der Waals surface area contributed by atoms with Crippen LogP contribution in [0, 0.1) is 5.41 Å². The quantitative estimate of drug-likeness (QED) is 0.699. The average Bonchev–Trinajstić information content (AvgIpc) is 2.58. The van der Waals surface area contributed by atoms with Crippen LogP contribution < -0.4 is 5.32 Å². The van der Waals surface area contributed by atoms with Crippen molar-refractivity contribution in [1.82, 2.24) is 5.32 Å². The summed E-state index contributed by atoms with van der Waals surface area (Å²) >= 11 is 1.80. The average molecular weight is 215 g/mol. The summed E-state index contributed by atoms with van der Waals surface area (Å²) < 4.78 is 0. The van der Waals surface area contributed by atoms with Crippen LogP contribution in [0.2, 0.25) is 0 Å². The van der Waals surface area contributed by atoms with Crippen LogP contribution in [-0.4, -0.2) is 27.7 Å². The number of rotatable bonds is 1. The minimum Gasteiger partial charge on any atom is -0.480 e. The molecule has 0 aromatic rings. The van der Waals surface area contributed by atoms with E-state index in [1.165, 1.54) is 6.42 Å². The maximum Gasteiger partial charge on any atom is 0.321 e. The van der Waals surface area contributed by atoms with Crippen molar-refractivity contribution in [3.05, 3.63) is 0 Å². The lowest BCUT2D eigenvalue weighted by molar-refractivity contribution is -0.138. The molecule has 1 aliphatic heterocycles. The maximum absolute atomic E-state index is 10.8. The van der Waals surface area contributed by atoms with E-state index >= 15 is 0 Å². The molecular weight excluding hydrogens is 198 g/mol. The van der Waals surface area contributed by atoms with E-state index in [0.717, 1.165) is 12.8 Å². The second-order valence-electron chi connectivity index (χ2n) is 5.18. The van der Waals surface area contributed by atoms with Crippen LogP contribution in [0.15, 0.2) is 0 Å². The Morgan fingerprint density at radius 1 is 1.50 bits per heavy atom. The van der Waals surface area contributed by atoms with Gasteiger partial charge < -0.3 is 5.11 Å². The fourth-order valence-electron chi connectivity index (χ4n) is 2.51. The minimum absolute atomic E-state index is 0.0621. The predicted octanol–water partition coefficient (Wildman–Crippen LogP) is 1.68. The van der Waals surface area contributed by atoms with E-state index in [1.54, 1.807) is 11.8 Å². The summed E-state index contributed by atoms with van der Waals surface area (Å²) in [6.07, 6.45) is 3.39. The molecule has 0 aromatic carbocycles. The van der Waals surface area contributed by atoms with Crippen molar-refractivity contribution in [2.45, 2.75) is 44.0 Å². The molecule has 1 aliphatic carbocycles. The first kappa shape index (κ1) is 10.3. The molecule has 3 nitrogen and oxygen atoms in total. The molecule has 2 rings (SSSR count). The predicted molar refractivity (Wildman–Crippen MR) is 57.4 cm³/mol. The van der Waals surface area contributed by atoms with Crippen molar-refractivity contribution in [1.29, 1.82) is 0 Å². The largest absolute Gasteiger partial charge is 0.480 e. The number of carboxylic acids is 1. The Balaban J connectivity index is 2.04. The lowest BCUT2D eigenvalue weighted by Gasteiger charge is -2.25. The number of nitrogens with one attached hydrogen (secondary N) is 1. The number of thioether (sulfide) groups is 1. The van der Waals surface area contributed by atoms with Gasteiger partial charge in [0.25, 0.3) is 0 Å². The van der Waals surface area contributed by atoms with E-state index < -0.39 is 5.97 Å². The molecule has 2 atom stereocenters. The molecule has 0 amide bonds. The fourth-order valence-corrected chi connectivity index (χ4v) is 4.19. The molecule has 0 radical (unpaired) electrons. The Hall–Kier alpha value is -0.220. The van der Waals surface area contributed by atoms with Crippen LogP contribution in [-0.2, 0) is 4.79 Å². The molecule has 2 fully saturated rings. The van der Waals surface area contributed by atoms with Gasteiger partial charge in [-0.15, -0.1) is 11.8 Å². The Labute approximate surface area is 88.6 Å². The normalized spacial score (nSPS) is 40.6. The van der Waals surface area contributed by atoms with Gasteiger partial charge in [-0.2, -0.15) is 0 Å². The Morgan fingerprint density at radius 2 is 2.21 bits per heavy atom. The van der Waals surface area contributed by atoms with Gasteiger partial charge in [0, 0.05) is 5.75 Å². The maximum atomic E-state index is 10.8. The van der Waals surface area contributed by atoms with Crippen molar-refractivity contribution < 1.29 is 9.90 Å². The second kappa shape index (κ2) is 3.14. The highest BCUT2D eigenvalue weighted by molar-refractivity contribution is 8.01. The Kier molecular flexibility index (Phi) is 2.31. The molecular formula is C10H17NO2S. The first-order valence-corrected chi connectivity index (χ1v) is 6.06. The van der Waals surface area contributed by atoms with Gasteiger partial charge in [0.2, 0.25) is 0 Å². The van der Waals surface area contributed by atoms with Crippen molar-refractivity contribution in [2.75, 3.05) is 5.75 Å². The summed E-state index contributed by atoms with van der Waals surface area (Å²) in [7, 11) is 0. The molecule has 2 aliphatic rings. The van der Waals surface area contributed by atoms with Crippen molar-refractivity contribution in [3.8, 4) is 0 Å². The number of hydrogen-bond acceptors (Lipinski definition) is 3. The summed E-state index contributed by atoms with van der Waals surface area (Å²) in [4.78, 5) is 10.9. The number of carboxylic acid groups (broad SMARTS) is 1. The zero-order chi connectivity index (χ0) is 10.4. The highest BCUT2D eigenvalue weighted by Crippen LogP contribution is 2.51. The van der Waals surface area contributed by atoms with Crippen molar-refractivity contribution in [3.63, 3.8) is 0 Å². The fraction of sp³-hybridized carbons (Fsp3) is 0.900. The highest BCUT2D eigenvalue weighted by Gasteiger charge is 2.49. The van der Waals surface area contributed by atoms with E-state index in [-0.39, 0.29) is 10.9 Å². The molecule has 1 heterocycles. The summed E-state index contributed by atoms with van der Waals surface area (Å²) in [5, 5.41) is 12.2. The molecule has 1 unspecified atom stereocenters. The van der Waals surface area contributed by atoms with Gasteiger partial charge in [-0.3, -0.25) is 10.1 Å². The topological polar surface area (TPSA) is 49.3 Å². The summed E-state index contributed by atoms with van der Waals surface area (Å²) in [5.74, 6) is 0.00452. The van der Waals surface area contributed by atoms with E-state index in [9.17, 15) is 4.79 Å². The van der Waals surface area contributed by atoms with E-state index in [4.69, 9.17) is 5.11 Å². The van der Waals surface area contributed by atoms with Gasteiger partial charge in [0.05, 0.1) is 4.87 Å². The van der Waals surface area contributed by atoms with Gasteiger partial charge >= 0.3 is 5.97 Å². The van der Waals surface area contributed by atoms with Crippen LogP contribution >= 0.6 is 11.8 Å². The van der Waals surface area contributed by atoms with Crippen molar-refractivity contribution in [2.24, 2.45) is 5.41 Å². The van der Waals surface area contributed by atoms with E-state index in [1.807, 2.05) is 0 Å². The highest BCUT2D eigenvalue weighted by atomic mass is 32.2. The molecule has 80 valence electrons. The summed E-state index contributed by atoms with van der Waals surface area (Å²) in [5.41, 5.74) is 0.368. The molecule has 1 saturated heterocycles. The van der Waals surface area contributed by atoms with E-state index in [2.05, 4.69) is 19.2 Å². The smallest absolute Gasteiger partial charge is 0.321 e. The second-order valence-corrected chi connectivity index (χ2v) is 6.58. The zero-order valence-electron chi connectivity index (χ0n) is 8.67. The molecule has 14 heavy (non-hydrogen) atoms. The summed E-state index contributed by atoms with van der Waals surface area (Å²) in [6, 6.07) is -0.339. The Morgan fingerprint density at radius 3 is 2.64 bits per heavy atom. The first-order valence-electron chi connectivity index (χ1n) is 5.07. The van der Waals surface area contributed by atoms with Crippen molar-refractivity contribution >= 4 is 17.7 Å². The van der Waals surface area contributed by atoms with E-state index in [0.29, 0.717) is 11.2 Å². The molecule has 2 N–H and O–H groups in total. The van der Waals surface area contributed by atoms with Crippen LogP contribution in [0.3, 0.4) is 0 Å². The third-order valence-electron chi connectivity index (χ3n) is 3.23. The third kappa shape index (κ3) is 1.77. The van der Waals surface area contributed by atoms with Crippen LogP contribution in [0.4, 0.5) is 0 Å². The third-order valence-corrected chi connectivity index (χ3v) is 4.75. The minimum atomic E-state index is -0.709. The monoisotopic (exact) mass is 215 g/mol. The Bertz CT molecular complexity index is 267. The molecule has 0 aromatic heterocycles. The SMILES string of the molecule is CC1(C)CCC2(C1)N[C@@H](C(=O)O)CS2. The van der Waals surface area contributed by atoms with Gasteiger partial charge in [-0.25, -0.2) is 0 Å². The summed E-state index contributed by atoms with van der Waals surface area (Å²) in [6.45, 7) is 4.52. The van der Waals surface area contributed by atoms with Gasteiger partial charge in [0.15, 0.2) is 0 Å².